The first-order valence-electron chi connectivity index (χ1n) is 19.0. The van der Waals surface area contributed by atoms with E-state index in [1.165, 1.54) is 13.8 Å². The van der Waals surface area contributed by atoms with Crippen molar-refractivity contribution in [3.05, 3.63) is 70.8 Å². The maximum Gasteiger partial charge on any atom is 0.338 e. The van der Waals surface area contributed by atoms with Crippen molar-refractivity contribution in [3.8, 4) is 0 Å². The van der Waals surface area contributed by atoms with Gasteiger partial charge in [-0.25, -0.2) is 4.79 Å². The molecule has 2 N–H and O–H groups in total. The normalized spacial score (nSPS) is 36.3. The third-order valence-corrected chi connectivity index (χ3v) is 13.4. The standard InChI is InChI=1S/C42H49NO12/c1-22-29(53-37(48)23(2)32(43-21-44)26-13-9-7-10-14-26)19-42(50)36(54-38(49)27-15-11-8-12-16-27)34-40(35(47)33(52-24(3)45)31(22)39(42,5)6)18-28(40)17-30-41(34,20-51-30)55-25(4)46/h7-9,11-13,15-16,21,23,28-30,32-34,36,50H,10,14,17-20H2,1-6H3,(H,43,44)/t23-,28-,29+,30-,32-,33-,34+,36+,40-,41+,42-/m1/s1. The quantitative estimate of drug-likeness (QED) is 0.152. The summed E-state index contributed by atoms with van der Waals surface area (Å²) in [5.74, 6) is -5.64. The molecule has 1 heterocycles. The molecule has 1 spiro atoms. The summed E-state index contributed by atoms with van der Waals surface area (Å²) in [7, 11) is 0. The summed E-state index contributed by atoms with van der Waals surface area (Å²) in [6, 6.07) is 7.54. The topological polar surface area (TPSA) is 181 Å². The van der Waals surface area contributed by atoms with Gasteiger partial charge in [-0.15, -0.1) is 0 Å². The minimum absolute atomic E-state index is 0.119. The summed E-state index contributed by atoms with van der Waals surface area (Å²) in [6.07, 6.45) is 3.09. The van der Waals surface area contributed by atoms with Crippen molar-refractivity contribution in [2.45, 2.75) is 115 Å². The predicted octanol–water partition coefficient (Wildman–Crippen LogP) is 3.87. The zero-order valence-corrected chi connectivity index (χ0v) is 32.0. The third kappa shape index (κ3) is 5.96. The number of nitrogens with one attached hydrogen (secondary N) is 1. The van der Waals surface area contributed by atoms with Gasteiger partial charge in [0.15, 0.2) is 17.5 Å². The fraction of sp³-hybridized carbons (Fsp3) is 0.571. The molecule has 1 saturated heterocycles. The van der Waals surface area contributed by atoms with E-state index in [2.05, 4.69) is 5.32 Å². The molecular formula is C42H49NO12. The maximum absolute atomic E-state index is 15.4. The molecule has 5 aliphatic carbocycles. The number of ketones is 1. The number of allylic oxidation sites excluding steroid dienone is 3. The summed E-state index contributed by atoms with van der Waals surface area (Å²) in [5.41, 5.74) is -4.72. The van der Waals surface area contributed by atoms with Crippen molar-refractivity contribution in [1.29, 1.82) is 0 Å². The molecule has 2 bridgehead atoms. The van der Waals surface area contributed by atoms with Gasteiger partial charge in [0, 0.05) is 31.1 Å². The largest absolute Gasteiger partial charge is 0.457 e. The molecule has 0 unspecified atom stereocenters. The minimum Gasteiger partial charge on any atom is -0.457 e. The molecule has 1 aliphatic heterocycles. The lowest BCUT2D eigenvalue weighted by Gasteiger charge is -2.64. The highest BCUT2D eigenvalue weighted by atomic mass is 16.6. The number of carbonyl (C=O) groups is 6. The number of Topliss-reactive ketones (excluding diaryl/α,β-unsaturated/α-hetero) is 1. The third-order valence-electron chi connectivity index (χ3n) is 13.4. The number of esters is 4. The van der Waals surface area contributed by atoms with Gasteiger partial charge < -0.3 is 34.1 Å². The second kappa shape index (κ2) is 13.8. The van der Waals surface area contributed by atoms with Crippen LogP contribution in [0.4, 0.5) is 0 Å². The Labute approximate surface area is 319 Å². The van der Waals surface area contributed by atoms with Gasteiger partial charge in [0.1, 0.15) is 23.9 Å². The van der Waals surface area contributed by atoms with Crippen molar-refractivity contribution >= 4 is 36.1 Å². The van der Waals surface area contributed by atoms with Crippen LogP contribution in [0.1, 0.15) is 84.0 Å². The number of hydrogen-bond donors (Lipinski definition) is 2. The molecular weight excluding hydrogens is 710 g/mol. The fourth-order valence-corrected chi connectivity index (χ4v) is 10.5. The van der Waals surface area contributed by atoms with Gasteiger partial charge in [-0.2, -0.15) is 0 Å². The van der Waals surface area contributed by atoms with Gasteiger partial charge >= 0.3 is 23.9 Å². The summed E-state index contributed by atoms with van der Waals surface area (Å²) in [5, 5.41) is 16.4. The molecule has 1 aromatic rings. The van der Waals surface area contributed by atoms with Crippen LogP contribution in [0.25, 0.3) is 0 Å². The fourth-order valence-electron chi connectivity index (χ4n) is 10.5. The predicted molar refractivity (Wildman–Crippen MR) is 194 cm³/mol. The van der Waals surface area contributed by atoms with Gasteiger partial charge in [0.2, 0.25) is 6.41 Å². The Morgan fingerprint density at radius 1 is 1.04 bits per heavy atom. The number of aliphatic hydroxyl groups is 1. The first-order valence-corrected chi connectivity index (χ1v) is 19.0. The molecule has 294 valence electrons. The molecule has 7 rings (SSSR count). The summed E-state index contributed by atoms with van der Waals surface area (Å²) in [6.45, 7) is 9.02. The lowest BCUT2D eigenvalue weighted by atomic mass is 9.48. The molecule has 4 fully saturated rings. The highest BCUT2D eigenvalue weighted by Crippen LogP contribution is 2.74. The van der Waals surface area contributed by atoms with Crippen LogP contribution < -0.4 is 5.32 Å². The molecule has 55 heavy (non-hydrogen) atoms. The van der Waals surface area contributed by atoms with Gasteiger partial charge in [-0.05, 0) is 74.3 Å². The monoisotopic (exact) mass is 759 g/mol. The molecule has 6 aliphatic rings. The Balaban J connectivity index is 1.40. The summed E-state index contributed by atoms with van der Waals surface area (Å²) >= 11 is 0. The molecule has 0 aromatic heterocycles. The molecule has 1 aromatic carbocycles. The number of ether oxygens (including phenoxy) is 5. The van der Waals surface area contributed by atoms with Crippen LogP contribution in [0.5, 0.6) is 0 Å². The van der Waals surface area contributed by atoms with Crippen molar-refractivity contribution in [3.63, 3.8) is 0 Å². The smallest absolute Gasteiger partial charge is 0.338 e. The lowest BCUT2D eigenvalue weighted by Crippen LogP contribution is -2.78. The number of fused-ring (bicyclic) bond motifs is 4. The Morgan fingerprint density at radius 2 is 1.76 bits per heavy atom. The van der Waals surface area contributed by atoms with Crippen LogP contribution in [0, 0.1) is 28.6 Å². The number of hydrogen-bond acceptors (Lipinski definition) is 12. The van der Waals surface area contributed by atoms with Gasteiger partial charge in [-0.1, -0.05) is 50.3 Å². The van der Waals surface area contributed by atoms with Crippen LogP contribution in [0.15, 0.2) is 65.3 Å². The number of carbonyl (C=O) groups excluding carboxylic acids is 6. The molecule has 3 saturated carbocycles. The van der Waals surface area contributed by atoms with Crippen LogP contribution >= 0.6 is 0 Å². The van der Waals surface area contributed by atoms with Crippen LogP contribution in [0.2, 0.25) is 0 Å². The van der Waals surface area contributed by atoms with E-state index in [1.54, 1.807) is 58.0 Å². The maximum atomic E-state index is 15.4. The summed E-state index contributed by atoms with van der Waals surface area (Å²) < 4.78 is 30.8. The van der Waals surface area contributed by atoms with Gasteiger partial charge in [0.25, 0.3) is 0 Å². The highest BCUT2D eigenvalue weighted by molar-refractivity contribution is 5.97. The second-order valence-corrected chi connectivity index (χ2v) is 16.6. The van der Waals surface area contributed by atoms with Crippen molar-refractivity contribution in [2.24, 2.45) is 28.6 Å². The van der Waals surface area contributed by atoms with Gasteiger partial charge in [0.05, 0.1) is 30.0 Å². The van der Waals surface area contributed by atoms with Crippen molar-refractivity contribution < 1.29 is 57.6 Å². The molecule has 0 radical (unpaired) electrons. The number of benzene rings is 1. The van der Waals surface area contributed by atoms with Crippen LogP contribution in [-0.4, -0.2) is 89.4 Å². The molecule has 13 nitrogen and oxygen atoms in total. The van der Waals surface area contributed by atoms with E-state index in [4.69, 9.17) is 23.7 Å². The zero-order valence-electron chi connectivity index (χ0n) is 32.0. The zero-order chi connectivity index (χ0) is 39.7. The minimum atomic E-state index is -2.12. The van der Waals surface area contributed by atoms with E-state index in [0.717, 1.165) is 12.0 Å². The average Bonchev–Trinajstić information content (AvgIpc) is 3.87. The Hall–Kier alpha value is -4.62. The molecule has 1 amide bonds. The van der Waals surface area contributed by atoms with E-state index in [9.17, 15) is 29.1 Å². The van der Waals surface area contributed by atoms with Gasteiger partial charge in [-0.3, -0.25) is 24.0 Å². The van der Waals surface area contributed by atoms with Crippen molar-refractivity contribution in [1.82, 2.24) is 5.32 Å². The SMILES string of the molecule is CC(=O)O[C@H]1C(=O)[C@]23C[C@H]2C[C@H]2OC[C@@]2(OC(C)=O)[C@H]3[C@H](OC(=O)c2ccccc2)[C@]2(O)C[C@H](OC(=O)[C@H](C)[C@@H](NC=O)C3=CC=CCC3)C(C)=C1C2(C)C. The first-order chi connectivity index (χ1) is 26.0. The molecule has 13 heteroatoms. The highest BCUT2D eigenvalue weighted by Gasteiger charge is 2.84. The molecule has 11 atom stereocenters. The second-order valence-electron chi connectivity index (χ2n) is 16.6. The average molecular weight is 760 g/mol. The van der Waals surface area contributed by atoms with E-state index in [-0.39, 0.29) is 30.1 Å². The van der Waals surface area contributed by atoms with Crippen molar-refractivity contribution in [2.75, 3.05) is 6.61 Å². The number of rotatable bonds is 10. The van der Waals surface area contributed by atoms with E-state index in [1.807, 2.05) is 18.2 Å². The van der Waals surface area contributed by atoms with E-state index < -0.39 is 94.0 Å². The van der Waals surface area contributed by atoms with Crippen LogP contribution in [0.3, 0.4) is 0 Å². The Bertz CT molecular complexity index is 1900. The summed E-state index contributed by atoms with van der Waals surface area (Å²) in [4.78, 5) is 81.2. The first kappa shape index (κ1) is 38.6. The number of amides is 1. The Kier molecular flexibility index (Phi) is 9.73. The Morgan fingerprint density at radius 3 is 2.36 bits per heavy atom. The van der Waals surface area contributed by atoms with Crippen LogP contribution in [-0.2, 0) is 47.7 Å². The lowest BCUT2D eigenvalue weighted by molar-refractivity contribution is -0.323. The van der Waals surface area contributed by atoms with E-state index >= 15 is 4.79 Å². The van der Waals surface area contributed by atoms with E-state index in [0.29, 0.717) is 31.2 Å².